The number of thioether (sulfide) groups is 1. The van der Waals surface area contributed by atoms with Crippen LogP contribution >= 0.6 is 11.8 Å². The van der Waals surface area contributed by atoms with Gasteiger partial charge in [0.15, 0.2) is 0 Å². The summed E-state index contributed by atoms with van der Waals surface area (Å²) in [5.41, 5.74) is -0.536. The van der Waals surface area contributed by atoms with E-state index < -0.39 is 5.60 Å². The fourth-order valence-electron chi connectivity index (χ4n) is 0.591. The first-order valence-corrected chi connectivity index (χ1v) is 5.13. The Hall–Kier alpha value is 0.270. The summed E-state index contributed by atoms with van der Waals surface area (Å²) in [5.74, 6) is 1.97. The number of aliphatic hydroxyl groups is 2. The van der Waals surface area contributed by atoms with Gasteiger partial charge in [-0.1, -0.05) is 0 Å². The Morgan fingerprint density at radius 3 is 2.36 bits per heavy atom. The Morgan fingerprint density at radius 1 is 1.27 bits per heavy atom. The normalized spacial score (nSPS) is 12.0. The van der Waals surface area contributed by atoms with Crippen molar-refractivity contribution in [2.24, 2.45) is 0 Å². The van der Waals surface area contributed by atoms with Crippen LogP contribution in [0.3, 0.4) is 0 Å². The van der Waals surface area contributed by atoms with Crippen LogP contribution in [0.1, 0.15) is 26.7 Å². The molecule has 11 heavy (non-hydrogen) atoms. The third kappa shape index (κ3) is 10.3. The Labute approximate surface area is 73.0 Å². The third-order valence-corrected chi connectivity index (χ3v) is 2.38. The molecule has 0 heterocycles. The molecule has 0 amide bonds. The van der Waals surface area contributed by atoms with Gasteiger partial charge in [0.1, 0.15) is 0 Å². The van der Waals surface area contributed by atoms with Crippen molar-refractivity contribution in [3.05, 3.63) is 0 Å². The molecule has 0 spiro atoms. The van der Waals surface area contributed by atoms with E-state index in [2.05, 4.69) is 0 Å². The summed E-state index contributed by atoms with van der Waals surface area (Å²) in [7, 11) is 0. The highest BCUT2D eigenvalue weighted by Gasteiger charge is 2.10. The van der Waals surface area contributed by atoms with Crippen molar-refractivity contribution in [2.75, 3.05) is 18.1 Å². The van der Waals surface area contributed by atoms with Gasteiger partial charge in [-0.25, -0.2) is 0 Å². The minimum Gasteiger partial charge on any atom is -0.396 e. The zero-order valence-corrected chi connectivity index (χ0v) is 8.15. The van der Waals surface area contributed by atoms with Gasteiger partial charge in [0.25, 0.3) is 0 Å². The standard InChI is InChI=1S/C8H18O2S/c1-8(2,10)4-7-11-6-3-5-9/h9-10H,3-7H2,1-2H3. The molecule has 2 nitrogen and oxygen atoms in total. The Balaban J connectivity index is 3.02. The minimum atomic E-state index is -0.536. The minimum absolute atomic E-state index is 0.273. The largest absolute Gasteiger partial charge is 0.396 e. The lowest BCUT2D eigenvalue weighted by Crippen LogP contribution is -2.19. The third-order valence-electron chi connectivity index (χ3n) is 1.30. The highest BCUT2D eigenvalue weighted by molar-refractivity contribution is 7.99. The fourth-order valence-corrected chi connectivity index (χ4v) is 1.77. The van der Waals surface area contributed by atoms with E-state index in [4.69, 9.17) is 5.11 Å². The predicted octanol–water partition coefficient (Wildman–Crippen LogP) is 1.26. The molecule has 68 valence electrons. The van der Waals surface area contributed by atoms with Crippen LogP contribution in [0.5, 0.6) is 0 Å². The molecule has 0 aromatic rings. The first-order chi connectivity index (χ1) is 5.06. The number of hydrogen-bond acceptors (Lipinski definition) is 3. The molecule has 0 aliphatic rings. The first-order valence-electron chi connectivity index (χ1n) is 3.97. The van der Waals surface area contributed by atoms with E-state index in [-0.39, 0.29) is 6.61 Å². The maximum absolute atomic E-state index is 9.31. The van der Waals surface area contributed by atoms with Crippen LogP contribution in [0.25, 0.3) is 0 Å². The van der Waals surface area contributed by atoms with E-state index in [1.165, 1.54) is 0 Å². The highest BCUT2D eigenvalue weighted by atomic mass is 32.2. The van der Waals surface area contributed by atoms with Crippen LogP contribution in [-0.4, -0.2) is 33.9 Å². The molecular formula is C8H18O2S. The number of rotatable bonds is 6. The predicted molar refractivity (Wildman–Crippen MR) is 49.9 cm³/mol. The van der Waals surface area contributed by atoms with Gasteiger partial charge in [-0.15, -0.1) is 0 Å². The average Bonchev–Trinajstić information content (AvgIpc) is 1.85. The number of hydrogen-bond donors (Lipinski definition) is 2. The summed E-state index contributed by atoms with van der Waals surface area (Å²) >= 11 is 1.78. The molecule has 0 rings (SSSR count). The summed E-state index contributed by atoms with van der Waals surface area (Å²) in [5, 5.41) is 17.8. The average molecular weight is 178 g/mol. The molecule has 0 bridgehead atoms. The van der Waals surface area contributed by atoms with E-state index in [0.717, 1.165) is 24.3 Å². The highest BCUT2D eigenvalue weighted by Crippen LogP contribution is 2.13. The summed E-state index contributed by atoms with van der Waals surface area (Å²) in [6.07, 6.45) is 1.68. The van der Waals surface area contributed by atoms with Crippen molar-refractivity contribution in [3.63, 3.8) is 0 Å². The fraction of sp³-hybridized carbons (Fsp3) is 1.00. The van der Waals surface area contributed by atoms with Crippen molar-refractivity contribution in [3.8, 4) is 0 Å². The zero-order valence-electron chi connectivity index (χ0n) is 7.34. The lowest BCUT2D eigenvalue weighted by Gasteiger charge is -2.15. The molecule has 3 heteroatoms. The van der Waals surface area contributed by atoms with Crippen LogP contribution < -0.4 is 0 Å². The van der Waals surface area contributed by atoms with Gasteiger partial charge in [0.2, 0.25) is 0 Å². The molecule has 0 atom stereocenters. The maximum atomic E-state index is 9.31. The number of aliphatic hydroxyl groups excluding tert-OH is 1. The summed E-state index contributed by atoms with van der Waals surface area (Å²) in [4.78, 5) is 0. The smallest absolute Gasteiger partial charge is 0.0599 e. The molecule has 0 aromatic heterocycles. The van der Waals surface area contributed by atoms with Gasteiger partial charge in [-0.05, 0) is 38.2 Å². The summed E-state index contributed by atoms with van der Waals surface area (Å²) in [6, 6.07) is 0. The van der Waals surface area contributed by atoms with Gasteiger partial charge in [0, 0.05) is 6.61 Å². The lowest BCUT2D eigenvalue weighted by atomic mass is 10.1. The Kier molecular flexibility index (Phi) is 6.01. The van der Waals surface area contributed by atoms with E-state index in [1.54, 1.807) is 11.8 Å². The van der Waals surface area contributed by atoms with Crippen molar-refractivity contribution < 1.29 is 10.2 Å². The Bertz CT molecular complexity index is 88.6. The molecule has 0 aliphatic carbocycles. The second-order valence-electron chi connectivity index (χ2n) is 3.25. The zero-order chi connectivity index (χ0) is 8.74. The Morgan fingerprint density at radius 2 is 1.91 bits per heavy atom. The van der Waals surface area contributed by atoms with Crippen LogP contribution in [0, 0.1) is 0 Å². The van der Waals surface area contributed by atoms with Crippen LogP contribution in [0.2, 0.25) is 0 Å². The van der Waals surface area contributed by atoms with Crippen molar-refractivity contribution in [1.82, 2.24) is 0 Å². The van der Waals surface area contributed by atoms with Crippen LogP contribution in [-0.2, 0) is 0 Å². The molecule has 0 aromatic carbocycles. The van der Waals surface area contributed by atoms with Gasteiger partial charge >= 0.3 is 0 Å². The van der Waals surface area contributed by atoms with Gasteiger partial charge in [-0.3, -0.25) is 0 Å². The van der Waals surface area contributed by atoms with Crippen LogP contribution in [0.15, 0.2) is 0 Å². The molecule has 0 fully saturated rings. The molecular weight excluding hydrogens is 160 g/mol. The molecule has 0 unspecified atom stereocenters. The molecule has 0 aliphatic heterocycles. The molecule has 2 N–H and O–H groups in total. The molecule has 0 radical (unpaired) electrons. The first kappa shape index (κ1) is 11.3. The van der Waals surface area contributed by atoms with E-state index in [9.17, 15) is 5.11 Å². The van der Waals surface area contributed by atoms with E-state index in [0.29, 0.717) is 0 Å². The topological polar surface area (TPSA) is 40.5 Å². The SMILES string of the molecule is CC(C)(O)CCSCCCO. The molecule has 0 saturated heterocycles. The van der Waals surface area contributed by atoms with E-state index >= 15 is 0 Å². The van der Waals surface area contributed by atoms with Crippen LogP contribution in [0.4, 0.5) is 0 Å². The monoisotopic (exact) mass is 178 g/mol. The molecule has 0 saturated carbocycles. The summed E-state index contributed by atoms with van der Waals surface area (Å²) in [6.45, 7) is 3.91. The second kappa shape index (κ2) is 5.86. The summed E-state index contributed by atoms with van der Waals surface area (Å²) < 4.78 is 0. The maximum Gasteiger partial charge on any atom is 0.0599 e. The van der Waals surface area contributed by atoms with Crippen molar-refractivity contribution >= 4 is 11.8 Å². The quantitative estimate of drug-likeness (QED) is 0.602. The van der Waals surface area contributed by atoms with Gasteiger partial charge < -0.3 is 10.2 Å². The lowest BCUT2D eigenvalue weighted by molar-refractivity contribution is 0.0778. The van der Waals surface area contributed by atoms with Gasteiger partial charge in [-0.2, -0.15) is 11.8 Å². The second-order valence-corrected chi connectivity index (χ2v) is 4.48. The van der Waals surface area contributed by atoms with Crippen molar-refractivity contribution in [1.29, 1.82) is 0 Å². The van der Waals surface area contributed by atoms with E-state index in [1.807, 2.05) is 13.8 Å². The van der Waals surface area contributed by atoms with Gasteiger partial charge in [0.05, 0.1) is 5.60 Å². The van der Waals surface area contributed by atoms with Crippen molar-refractivity contribution in [2.45, 2.75) is 32.3 Å².